The Kier molecular flexibility index (Phi) is 6.86. The number of ether oxygens (including phenoxy) is 1. The van der Waals surface area contributed by atoms with E-state index in [0.29, 0.717) is 6.61 Å². The van der Waals surface area contributed by atoms with Gasteiger partial charge in [0.25, 0.3) is 5.91 Å². The van der Waals surface area contributed by atoms with Crippen LogP contribution in [0.3, 0.4) is 0 Å². The Morgan fingerprint density at radius 1 is 1.08 bits per heavy atom. The molecule has 0 aliphatic rings. The predicted molar refractivity (Wildman–Crippen MR) is 100 cm³/mol. The highest BCUT2D eigenvalue weighted by Crippen LogP contribution is 2.25. The van der Waals surface area contributed by atoms with Crippen molar-refractivity contribution in [1.82, 2.24) is 4.90 Å². The number of rotatable bonds is 8. The first-order chi connectivity index (χ1) is 11.6. The summed E-state index contributed by atoms with van der Waals surface area (Å²) in [5.74, 6) is 0.839. The third-order valence-electron chi connectivity index (χ3n) is 4.01. The normalized spacial score (nSPS) is 11.5. The van der Waals surface area contributed by atoms with Gasteiger partial charge in [0.05, 0.1) is 5.57 Å². The lowest BCUT2D eigenvalue weighted by atomic mass is 10.1. The molecule has 0 N–H and O–H groups in total. The number of carbonyl (C=O) groups is 1. The van der Waals surface area contributed by atoms with Crippen LogP contribution in [0.15, 0.2) is 54.1 Å². The Morgan fingerprint density at radius 3 is 2.58 bits per heavy atom. The first kappa shape index (κ1) is 18.1. The molecule has 0 atom stereocenters. The van der Waals surface area contributed by atoms with E-state index in [1.54, 1.807) is 19.0 Å². The monoisotopic (exact) mass is 325 g/mol. The maximum absolute atomic E-state index is 12.4. The largest absolute Gasteiger partial charge is 0.488 e. The summed E-state index contributed by atoms with van der Waals surface area (Å²) in [4.78, 5) is 14.0. The second kappa shape index (κ2) is 9.11. The van der Waals surface area contributed by atoms with E-state index in [-0.39, 0.29) is 5.91 Å². The Balaban J connectivity index is 2.12. The first-order valence-corrected chi connectivity index (χ1v) is 8.64. The minimum Gasteiger partial charge on any atom is -0.488 e. The van der Waals surface area contributed by atoms with E-state index >= 15 is 0 Å². The van der Waals surface area contributed by atoms with Gasteiger partial charge in [0, 0.05) is 19.5 Å². The molecule has 0 spiro atoms. The van der Waals surface area contributed by atoms with E-state index in [9.17, 15) is 4.79 Å². The Labute approximate surface area is 144 Å². The van der Waals surface area contributed by atoms with Gasteiger partial charge in [0.1, 0.15) is 12.4 Å². The van der Waals surface area contributed by atoms with Crippen LogP contribution in [0.25, 0.3) is 10.8 Å². The van der Waals surface area contributed by atoms with Crippen LogP contribution in [0, 0.1) is 0 Å². The van der Waals surface area contributed by atoms with Gasteiger partial charge in [0.2, 0.25) is 0 Å². The fourth-order valence-corrected chi connectivity index (χ4v) is 2.64. The Bertz CT molecular complexity index is 699. The van der Waals surface area contributed by atoms with Crippen LogP contribution in [0.1, 0.15) is 32.6 Å². The Morgan fingerprint density at radius 2 is 1.83 bits per heavy atom. The third kappa shape index (κ3) is 4.85. The van der Waals surface area contributed by atoms with Gasteiger partial charge in [-0.3, -0.25) is 4.79 Å². The second-order valence-electron chi connectivity index (χ2n) is 6.19. The molecule has 1 amide bonds. The van der Waals surface area contributed by atoms with Crippen LogP contribution < -0.4 is 4.74 Å². The molecular formula is C21H27NO2. The van der Waals surface area contributed by atoms with Crippen molar-refractivity contribution in [3.05, 3.63) is 54.1 Å². The molecule has 3 heteroatoms. The lowest BCUT2D eigenvalue weighted by Crippen LogP contribution is -2.26. The third-order valence-corrected chi connectivity index (χ3v) is 4.01. The molecule has 128 valence electrons. The van der Waals surface area contributed by atoms with Crippen molar-refractivity contribution < 1.29 is 9.53 Å². The molecule has 0 aliphatic heterocycles. The minimum absolute atomic E-state index is 0.0201. The summed E-state index contributed by atoms with van der Waals surface area (Å²) >= 11 is 0. The summed E-state index contributed by atoms with van der Waals surface area (Å²) < 4.78 is 5.99. The maximum atomic E-state index is 12.4. The van der Waals surface area contributed by atoms with Gasteiger partial charge in [-0.05, 0) is 24.3 Å². The van der Waals surface area contributed by atoms with Crippen molar-refractivity contribution in [3.8, 4) is 5.75 Å². The Hall–Kier alpha value is -2.29. The summed E-state index contributed by atoms with van der Waals surface area (Å²) in [7, 11) is 3.56. The molecule has 0 unspecified atom stereocenters. The van der Waals surface area contributed by atoms with Crippen molar-refractivity contribution in [2.75, 3.05) is 20.7 Å². The van der Waals surface area contributed by atoms with Gasteiger partial charge in [-0.15, -0.1) is 0 Å². The number of hydrogen-bond acceptors (Lipinski definition) is 2. The van der Waals surface area contributed by atoms with Gasteiger partial charge < -0.3 is 9.64 Å². The molecule has 0 bridgehead atoms. The van der Waals surface area contributed by atoms with Crippen LogP contribution in [0.4, 0.5) is 0 Å². The second-order valence-corrected chi connectivity index (χ2v) is 6.19. The number of unbranched alkanes of at least 4 members (excludes halogenated alkanes) is 3. The van der Waals surface area contributed by atoms with Crippen molar-refractivity contribution >= 4 is 16.7 Å². The molecule has 0 saturated heterocycles. The van der Waals surface area contributed by atoms with Crippen molar-refractivity contribution in [2.24, 2.45) is 0 Å². The van der Waals surface area contributed by atoms with Gasteiger partial charge in [0.15, 0.2) is 0 Å². The number of nitrogens with zero attached hydrogens (tertiary/aromatic N) is 1. The lowest BCUT2D eigenvalue weighted by Gasteiger charge is -2.15. The number of hydrogen-bond donors (Lipinski definition) is 0. The SMILES string of the molecule is CCCCC/C=C(\COc1cccc2ccccc12)C(=O)N(C)C. The molecule has 0 radical (unpaired) electrons. The summed E-state index contributed by atoms with van der Waals surface area (Å²) in [5.41, 5.74) is 0.726. The fourth-order valence-electron chi connectivity index (χ4n) is 2.64. The van der Waals surface area contributed by atoms with E-state index in [0.717, 1.165) is 34.9 Å². The van der Waals surface area contributed by atoms with Crippen molar-refractivity contribution in [2.45, 2.75) is 32.6 Å². The van der Waals surface area contributed by atoms with Crippen LogP contribution in [-0.4, -0.2) is 31.5 Å². The summed E-state index contributed by atoms with van der Waals surface area (Å²) in [6, 6.07) is 14.1. The molecule has 0 saturated carbocycles. The van der Waals surface area contributed by atoms with E-state index in [2.05, 4.69) is 19.1 Å². The molecule has 2 aromatic carbocycles. The quantitative estimate of drug-likeness (QED) is 0.515. The maximum Gasteiger partial charge on any atom is 0.252 e. The average molecular weight is 325 g/mol. The molecule has 0 aliphatic carbocycles. The number of amides is 1. The van der Waals surface area contributed by atoms with E-state index < -0.39 is 0 Å². The molecule has 2 rings (SSSR count). The zero-order valence-corrected chi connectivity index (χ0v) is 14.9. The highest BCUT2D eigenvalue weighted by atomic mass is 16.5. The van der Waals surface area contributed by atoms with Gasteiger partial charge in [-0.2, -0.15) is 0 Å². The van der Waals surface area contributed by atoms with Gasteiger partial charge >= 0.3 is 0 Å². The van der Waals surface area contributed by atoms with Crippen LogP contribution in [0.2, 0.25) is 0 Å². The summed E-state index contributed by atoms with van der Waals surface area (Å²) in [6.07, 6.45) is 6.42. The highest BCUT2D eigenvalue weighted by molar-refractivity contribution is 5.93. The number of benzene rings is 2. The lowest BCUT2D eigenvalue weighted by molar-refractivity contribution is -0.125. The van der Waals surface area contributed by atoms with Gasteiger partial charge in [-0.25, -0.2) is 0 Å². The average Bonchev–Trinajstić information content (AvgIpc) is 2.60. The number of fused-ring (bicyclic) bond motifs is 1. The summed E-state index contributed by atoms with van der Waals surface area (Å²) in [5, 5.41) is 2.21. The van der Waals surface area contributed by atoms with Crippen LogP contribution in [-0.2, 0) is 4.79 Å². The van der Waals surface area contributed by atoms with E-state index in [4.69, 9.17) is 4.74 Å². The predicted octanol–water partition coefficient (Wildman–Crippen LogP) is 4.81. The molecule has 0 aromatic heterocycles. The topological polar surface area (TPSA) is 29.5 Å². The van der Waals surface area contributed by atoms with E-state index in [1.807, 2.05) is 36.4 Å². The number of allylic oxidation sites excluding steroid dienone is 1. The first-order valence-electron chi connectivity index (χ1n) is 8.64. The molecule has 2 aromatic rings. The molecule has 0 fully saturated rings. The summed E-state index contributed by atoms with van der Waals surface area (Å²) in [6.45, 7) is 2.48. The number of carbonyl (C=O) groups excluding carboxylic acids is 1. The standard InChI is InChI=1S/C21H27NO2/c1-4-5-6-7-12-18(21(23)22(2)3)16-24-20-15-10-13-17-11-8-9-14-19(17)20/h8-15H,4-7,16H2,1-3H3/b18-12+. The minimum atomic E-state index is 0.0201. The zero-order valence-electron chi connectivity index (χ0n) is 14.9. The van der Waals surface area contributed by atoms with Crippen molar-refractivity contribution in [3.63, 3.8) is 0 Å². The fraction of sp³-hybridized carbons (Fsp3) is 0.381. The van der Waals surface area contributed by atoms with Crippen LogP contribution in [0.5, 0.6) is 5.75 Å². The van der Waals surface area contributed by atoms with Crippen molar-refractivity contribution in [1.29, 1.82) is 0 Å². The smallest absolute Gasteiger partial charge is 0.252 e. The molecule has 0 heterocycles. The van der Waals surface area contributed by atoms with Gasteiger partial charge in [-0.1, -0.05) is 62.2 Å². The van der Waals surface area contributed by atoms with E-state index in [1.165, 1.54) is 12.8 Å². The highest BCUT2D eigenvalue weighted by Gasteiger charge is 2.13. The number of likely N-dealkylation sites (N-methyl/N-ethyl adjacent to an activating group) is 1. The molecular weight excluding hydrogens is 298 g/mol. The zero-order chi connectivity index (χ0) is 17.4. The molecule has 3 nitrogen and oxygen atoms in total. The van der Waals surface area contributed by atoms with Crippen LogP contribution >= 0.6 is 0 Å². The molecule has 24 heavy (non-hydrogen) atoms.